The highest BCUT2D eigenvalue weighted by Crippen LogP contribution is 2.52. The molecule has 6 bridgehead atoms. The molecule has 4 aliphatic heterocycles. The van der Waals surface area contributed by atoms with Crippen LogP contribution in [-0.4, -0.2) is 52.7 Å². The Morgan fingerprint density at radius 3 is 2.17 bits per heavy atom. The molecule has 4 saturated heterocycles. The van der Waals surface area contributed by atoms with E-state index in [2.05, 4.69) is 15.5 Å². The van der Waals surface area contributed by atoms with Gasteiger partial charge in [0.15, 0.2) is 0 Å². The van der Waals surface area contributed by atoms with Gasteiger partial charge in [0.05, 0.1) is 12.6 Å². The lowest BCUT2D eigenvalue weighted by molar-refractivity contribution is -0.233. The molecule has 0 spiro atoms. The Morgan fingerprint density at radius 1 is 0.967 bits per heavy atom. The Bertz CT molecular complexity index is 651. The molecule has 0 aromatic heterocycles. The molecule has 6 fully saturated rings. The molecule has 2 amide bonds. The molecule has 6 rings (SSSR count). The molecule has 6 aliphatic rings. The van der Waals surface area contributed by atoms with E-state index in [0.717, 1.165) is 50.4 Å². The highest BCUT2D eigenvalue weighted by atomic mass is 16.5. The van der Waals surface area contributed by atoms with E-state index in [4.69, 9.17) is 4.74 Å². The lowest BCUT2D eigenvalue weighted by Crippen LogP contribution is -2.63. The van der Waals surface area contributed by atoms with Crippen LogP contribution in [0.4, 0.5) is 0 Å². The zero-order valence-corrected chi connectivity index (χ0v) is 18.9. The van der Waals surface area contributed by atoms with Crippen molar-refractivity contribution in [3.8, 4) is 0 Å². The van der Waals surface area contributed by atoms with Crippen molar-refractivity contribution in [2.75, 3.05) is 6.54 Å². The van der Waals surface area contributed by atoms with Crippen LogP contribution in [0.3, 0.4) is 0 Å². The van der Waals surface area contributed by atoms with Gasteiger partial charge in [0.1, 0.15) is 5.72 Å². The summed E-state index contributed by atoms with van der Waals surface area (Å²) in [4.78, 5) is 27.8. The molecule has 0 radical (unpaired) electrons. The second kappa shape index (κ2) is 7.47. The maximum Gasteiger partial charge on any atom is 0.234 e. The van der Waals surface area contributed by atoms with Gasteiger partial charge >= 0.3 is 0 Å². The van der Waals surface area contributed by atoms with Crippen molar-refractivity contribution in [1.82, 2.24) is 15.5 Å². The first kappa shape index (κ1) is 20.7. The number of nitrogens with one attached hydrogen (secondary N) is 2. The number of carbonyl (C=O) groups is 2. The largest absolute Gasteiger partial charge is 0.353 e. The van der Waals surface area contributed by atoms with Gasteiger partial charge in [0.2, 0.25) is 11.8 Å². The highest BCUT2D eigenvalue weighted by Gasteiger charge is 2.53. The van der Waals surface area contributed by atoms with E-state index in [1.807, 2.05) is 20.8 Å². The molecule has 0 aromatic rings. The summed E-state index contributed by atoms with van der Waals surface area (Å²) in [6.45, 7) is 6.57. The summed E-state index contributed by atoms with van der Waals surface area (Å²) in [6, 6.07) is 0.895. The van der Waals surface area contributed by atoms with Gasteiger partial charge in [-0.2, -0.15) is 0 Å². The number of nitrogens with zero attached hydrogens (tertiary/aromatic N) is 1. The van der Waals surface area contributed by atoms with E-state index in [1.54, 1.807) is 0 Å². The van der Waals surface area contributed by atoms with Gasteiger partial charge in [0.25, 0.3) is 0 Å². The normalized spacial score (nSPS) is 42.4. The van der Waals surface area contributed by atoms with Gasteiger partial charge in [-0.15, -0.1) is 0 Å². The monoisotopic (exact) mass is 417 g/mol. The molecule has 2 N–H and O–H groups in total. The molecule has 5 atom stereocenters. The third kappa shape index (κ3) is 4.27. The fourth-order valence-corrected chi connectivity index (χ4v) is 7.50. The average Bonchev–Trinajstić information content (AvgIpc) is 2.81. The van der Waals surface area contributed by atoms with Gasteiger partial charge in [-0.3, -0.25) is 14.5 Å². The lowest BCUT2D eigenvalue weighted by atomic mass is 9.65. The van der Waals surface area contributed by atoms with Crippen LogP contribution in [0.1, 0.15) is 85.0 Å². The zero-order valence-electron chi connectivity index (χ0n) is 18.9. The van der Waals surface area contributed by atoms with Crippen LogP contribution in [0, 0.1) is 17.8 Å². The molecule has 0 aromatic carbocycles. The second-order valence-electron chi connectivity index (χ2n) is 12.0. The maximum absolute atomic E-state index is 13.0. The number of rotatable bonds is 5. The molecule has 6 heteroatoms. The van der Waals surface area contributed by atoms with E-state index < -0.39 is 0 Å². The summed E-state index contributed by atoms with van der Waals surface area (Å²) in [6.07, 6.45) is 11.1. The summed E-state index contributed by atoms with van der Waals surface area (Å²) in [5.74, 6) is 2.22. The van der Waals surface area contributed by atoms with Crippen LogP contribution in [-0.2, 0) is 14.3 Å². The number of fused-ring (bicyclic) bond motifs is 2. The van der Waals surface area contributed by atoms with E-state index in [1.165, 1.54) is 19.3 Å². The molecular weight excluding hydrogens is 378 g/mol. The SMILES string of the molecule is CC(C)(C)NC(=O)CN1C2CC[C@@H]1C[C@H](CC(=O)NC13CC4CC(CC(C4)O1)C3)C2. The Labute approximate surface area is 180 Å². The molecular formula is C24H39N3O3. The van der Waals surface area contributed by atoms with Gasteiger partial charge in [0, 0.05) is 24.0 Å². The number of piperidine rings is 1. The lowest BCUT2D eigenvalue weighted by Gasteiger charge is -2.56. The van der Waals surface area contributed by atoms with Gasteiger partial charge in [-0.25, -0.2) is 0 Å². The van der Waals surface area contributed by atoms with E-state index in [-0.39, 0.29) is 23.1 Å². The van der Waals surface area contributed by atoms with Gasteiger partial charge in [-0.05, 0) is 96.3 Å². The van der Waals surface area contributed by atoms with Crippen LogP contribution < -0.4 is 10.6 Å². The van der Waals surface area contributed by atoms with Crippen LogP contribution in [0.5, 0.6) is 0 Å². The molecule has 30 heavy (non-hydrogen) atoms. The van der Waals surface area contributed by atoms with Crippen molar-refractivity contribution in [3.63, 3.8) is 0 Å². The van der Waals surface area contributed by atoms with E-state index in [0.29, 0.717) is 37.1 Å². The summed E-state index contributed by atoms with van der Waals surface area (Å²) in [5.41, 5.74) is -0.553. The van der Waals surface area contributed by atoms with Crippen molar-refractivity contribution in [2.45, 2.75) is 114 Å². The number of hydrogen-bond donors (Lipinski definition) is 2. The topological polar surface area (TPSA) is 70.7 Å². The van der Waals surface area contributed by atoms with Crippen LogP contribution in [0.15, 0.2) is 0 Å². The third-order valence-corrected chi connectivity index (χ3v) is 8.15. The van der Waals surface area contributed by atoms with Crippen molar-refractivity contribution in [1.29, 1.82) is 0 Å². The predicted octanol–water partition coefficient (Wildman–Crippen LogP) is 2.96. The number of ether oxygens (including phenoxy) is 1. The van der Waals surface area contributed by atoms with E-state index >= 15 is 0 Å². The van der Waals surface area contributed by atoms with Crippen molar-refractivity contribution in [2.24, 2.45) is 17.8 Å². The van der Waals surface area contributed by atoms with E-state index in [9.17, 15) is 9.59 Å². The quantitative estimate of drug-likeness (QED) is 0.722. The van der Waals surface area contributed by atoms with Crippen molar-refractivity contribution < 1.29 is 14.3 Å². The van der Waals surface area contributed by atoms with Gasteiger partial charge in [-0.1, -0.05) is 0 Å². The van der Waals surface area contributed by atoms with Crippen molar-refractivity contribution in [3.05, 3.63) is 0 Å². The average molecular weight is 418 g/mol. The molecule has 3 unspecified atom stereocenters. The molecule has 2 aliphatic carbocycles. The summed E-state index contributed by atoms with van der Waals surface area (Å²) in [7, 11) is 0. The first-order valence-electron chi connectivity index (χ1n) is 12.2. The Hall–Kier alpha value is -1.14. The standard InChI is InChI=1S/C24H39N3O3/c1-23(2,3)25-22(29)14-27-18-4-5-19(27)8-15(7-18)11-21(28)26-24-12-16-6-17(13-24)10-20(9-16)30-24/h15-20H,4-14H2,1-3H3,(H,25,29)(H,26,28)/t15-,16?,17?,18+,19?,20?,24?/m0/s1. The highest BCUT2D eigenvalue weighted by molar-refractivity contribution is 5.79. The minimum absolute atomic E-state index is 0.120. The number of hydrogen-bond acceptors (Lipinski definition) is 4. The van der Waals surface area contributed by atoms with Crippen LogP contribution in [0.2, 0.25) is 0 Å². The first-order valence-corrected chi connectivity index (χ1v) is 12.2. The zero-order chi connectivity index (χ0) is 21.1. The second-order valence-corrected chi connectivity index (χ2v) is 12.0. The third-order valence-electron chi connectivity index (χ3n) is 8.15. The smallest absolute Gasteiger partial charge is 0.234 e. The Kier molecular flexibility index (Phi) is 5.17. The number of amides is 2. The Balaban J connectivity index is 1.14. The fraction of sp³-hybridized carbons (Fsp3) is 0.917. The van der Waals surface area contributed by atoms with Gasteiger partial charge < -0.3 is 15.4 Å². The molecule has 168 valence electrons. The molecule has 4 heterocycles. The minimum Gasteiger partial charge on any atom is -0.353 e. The summed E-state index contributed by atoms with van der Waals surface area (Å²) in [5, 5.41) is 6.44. The predicted molar refractivity (Wildman–Crippen MR) is 115 cm³/mol. The number of carbonyl (C=O) groups excluding carboxylic acids is 2. The van der Waals surface area contributed by atoms with Crippen molar-refractivity contribution >= 4 is 11.8 Å². The van der Waals surface area contributed by atoms with Crippen LogP contribution in [0.25, 0.3) is 0 Å². The first-order chi connectivity index (χ1) is 14.2. The Morgan fingerprint density at radius 2 is 1.60 bits per heavy atom. The fourth-order valence-electron chi connectivity index (χ4n) is 7.50. The molecule has 2 saturated carbocycles. The maximum atomic E-state index is 13.0. The van der Waals surface area contributed by atoms with Crippen LogP contribution >= 0.6 is 0 Å². The molecule has 6 nitrogen and oxygen atoms in total. The summed E-state index contributed by atoms with van der Waals surface area (Å²) < 4.78 is 6.34. The summed E-state index contributed by atoms with van der Waals surface area (Å²) >= 11 is 0. The minimum atomic E-state index is -0.365.